The molecule has 0 unspecified atom stereocenters. The Morgan fingerprint density at radius 3 is 2.50 bits per heavy atom. The lowest BCUT2D eigenvalue weighted by Gasteiger charge is -2.01. The van der Waals surface area contributed by atoms with Gasteiger partial charge in [0.25, 0.3) is 5.91 Å². The molecule has 3 nitrogen and oxygen atoms in total. The van der Waals surface area contributed by atoms with E-state index in [-0.39, 0.29) is 5.91 Å². The van der Waals surface area contributed by atoms with Crippen LogP contribution in [0.2, 0.25) is 10.0 Å². The maximum atomic E-state index is 12.2. The summed E-state index contributed by atoms with van der Waals surface area (Å²) in [5.74, 6) is -0.0706. The van der Waals surface area contributed by atoms with Crippen LogP contribution < -0.4 is 9.88 Å². The van der Waals surface area contributed by atoms with Gasteiger partial charge in [0.15, 0.2) is 18.9 Å². The van der Waals surface area contributed by atoms with E-state index in [1.807, 2.05) is 71.6 Å². The number of hydrogen-bond donors (Lipinski definition) is 1. The molecule has 4 rings (SSSR count). The first-order valence-corrected chi connectivity index (χ1v) is 8.91. The first-order valence-electron chi connectivity index (χ1n) is 8.16. The number of anilines is 1. The second-order valence-electron chi connectivity index (χ2n) is 6.11. The zero-order valence-corrected chi connectivity index (χ0v) is 15.3. The molecule has 3 aromatic rings. The van der Waals surface area contributed by atoms with Crippen LogP contribution in [0.3, 0.4) is 0 Å². The third-order valence-electron chi connectivity index (χ3n) is 4.29. The average Bonchev–Trinajstić information content (AvgIpc) is 2.95. The predicted molar refractivity (Wildman–Crippen MR) is 105 cm³/mol. The SMILES string of the molecule is O=C1Nc2ccccc2/C1=C\c1cc[n+](Cc2ccc(Cl)c(Cl)c2)cc1. The van der Waals surface area contributed by atoms with Gasteiger partial charge in [-0.25, -0.2) is 4.57 Å². The third-order valence-corrected chi connectivity index (χ3v) is 5.03. The lowest BCUT2D eigenvalue weighted by molar-refractivity contribution is -0.688. The molecular weight excluding hydrogens is 367 g/mol. The van der Waals surface area contributed by atoms with Crippen LogP contribution in [-0.4, -0.2) is 5.91 Å². The Kier molecular flexibility index (Phi) is 4.49. The highest BCUT2D eigenvalue weighted by molar-refractivity contribution is 6.42. The molecule has 1 aromatic heterocycles. The van der Waals surface area contributed by atoms with Gasteiger partial charge in [-0.15, -0.1) is 0 Å². The number of fused-ring (bicyclic) bond motifs is 1. The maximum Gasteiger partial charge on any atom is 0.256 e. The quantitative estimate of drug-likeness (QED) is 0.511. The highest BCUT2D eigenvalue weighted by Gasteiger charge is 2.23. The zero-order chi connectivity index (χ0) is 18.1. The summed E-state index contributed by atoms with van der Waals surface area (Å²) in [7, 11) is 0. The minimum absolute atomic E-state index is 0.0706. The number of carbonyl (C=O) groups is 1. The van der Waals surface area contributed by atoms with Crippen molar-refractivity contribution < 1.29 is 9.36 Å². The van der Waals surface area contributed by atoms with Crippen LogP contribution in [-0.2, 0) is 11.3 Å². The van der Waals surface area contributed by atoms with Crippen LogP contribution in [0.1, 0.15) is 16.7 Å². The minimum Gasteiger partial charge on any atom is -0.321 e. The second kappa shape index (κ2) is 6.94. The van der Waals surface area contributed by atoms with Gasteiger partial charge in [0.05, 0.1) is 10.0 Å². The van der Waals surface area contributed by atoms with Crippen LogP contribution in [0.15, 0.2) is 67.0 Å². The van der Waals surface area contributed by atoms with Gasteiger partial charge in [-0.1, -0.05) is 47.5 Å². The Morgan fingerprint density at radius 2 is 1.73 bits per heavy atom. The molecule has 0 bridgehead atoms. The van der Waals surface area contributed by atoms with Gasteiger partial charge in [-0.05, 0) is 29.8 Å². The van der Waals surface area contributed by atoms with Crippen molar-refractivity contribution >= 4 is 46.4 Å². The lowest BCUT2D eigenvalue weighted by Crippen LogP contribution is -2.33. The Hall–Kier alpha value is -2.62. The molecule has 0 radical (unpaired) electrons. The summed E-state index contributed by atoms with van der Waals surface area (Å²) >= 11 is 12.0. The first-order chi connectivity index (χ1) is 12.6. The average molecular weight is 382 g/mol. The van der Waals surface area contributed by atoms with E-state index in [2.05, 4.69) is 5.32 Å². The van der Waals surface area contributed by atoms with Crippen molar-refractivity contribution in [1.29, 1.82) is 0 Å². The molecule has 26 heavy (non-hydrogen) atoms. The van der Waals surface area contributed by atoms with Crippen molar-refractivity contribution in [3.05, 3.63) is 93.7 Å². The summed E-state index contributed by atoms with van der Waals surface area (Å²) in [5, 5.41) is 3.99. The van der Waals surface area contributed by atoms with Gasteiger partial charge in [0.1, 0.15) is 0 Å². The Morgan fingerprint density at radius 1 is 0.962 bits per heavy atom. The summed E-state index contributed by atoms with van der Waals surface area (Å²) in [6.45, 7) is 0.692. The molecule has 1 aliphatic heterocycles. The number of amides is 1. The molecule has 128 valence electrons. The predicted octanol–water partition coefficient (Wildman–Crippen LogP) is 4.82. The van der Waals surface area contributed by atoms with Crippen molar-refractivity contribution in [2.24, 2.45) is 0 Å². The molecular formula is C21H15Cl2N2O+. The molecule has 0 saturated carbocycles. The lowest BCUT2D eigenvalue weighted by atomic mass is 10.0. The van der Waals surface area contributed by atoms with Crippen LogP contribution in [0.25, 0.3) is 11.6 Å². The first kappa shape index (κ1) is 16.8. The minimum atomic E-state index is -0.0706. The maximum absolute atomic E-state index is 12.2. The van der Waals surface area contributed by atoms with E-state index in [4.69, 9.17) is 23.2 Å². The van der Waals surface area contributed by atoms with Crippen molar-refractivity contribution in [1.82, 2.24) is 0 Å². The van der Waals surface area contributed by atoms with E-state index in [9.17, 15) is 4.79 Å². The molecule has 1 amide bonds. The summed E-state index contributed by atoms with van der Waals surface area (Å²) in [5.41, 5.74) is 4.51. The van der Waals surface area contributed by atoms with Crippen molar-refractivity contribution in [2.45, 2.75) is 6.54 Å². The Bertz CT molecular complexity index is 1030. The highest BCUT2D eigenvalue weighted by atomic mass is 35.5. The van der Waals surface area contributed by atoms with Gasteiger partial charge in [-0.3, -0.25) is 4.79 Å². The standard InChI is InChI=1S/C21H14Cl2N2O/c22-18-6-5-15(12-19(18)23)13-25-9-7-14(8-10-25)11-17-16-3-1-2-4-20(16)24-21(17)26/h1-12H,13H2/p+1. The summed E-state index contributed by atoms with van der Waals surface area (Å²) in [6.07, 6.45) is 5.87. The van der Waals surface area contributed by atoms with Gasteiger partial charge in [0.2, 0.25) is 0 Å². The van der Waals surface area contributed by atoms with E-state index in [0.717, 1.165) is 22.4 Å². The smallest absolute Gasteiger partial charge is 0.256 e. The van der Waals surface area contributed by atoms with E-state index < -0.39 is 0 Å². The molecule has 1 N–H and O–H groups in total. The van der Waals surface area contributed by atoms with E-state index in [1.165, 1.54) is 0 Å². The zero-order valence-electron chi connectivity index (χ0n) is 13.7. The van der Waals surface area contributed by atoms with E-state index in [0.29, 0.717) is 22.2 Å². The van der Waals surface area contributed by atoms with Gasteiger partial charge in [-0.2, -0.15) is 0 Å². The summed E-state index contributed by atoms with van der Waals surface area (Å²) in [6, 6.07) is 17.3. The number of benzene rings is 2. The number of hydrogen-bond acceptors (Lipinski definition) is 1. The second-order valence-corrected chi connectivity index (χ2v) is 6.92. The van der Waals surface area contributed by atoms with Crippen LogP contribution >= 0.6 is 23.2 Å². The number of carbonyl (C=O) groups excluding carboxylic acids is 1. The van der Waals surface area contributed by atoms with E-state index >= 15 is 0 Å². The molecule has 2 aromatic carbocycles. The Labute approximate surface area is 161 Å². The fourth-order valence-electron chi connectivity index (χ4n) is 2.97. The van der Waals surface area contributed by atoms with E-state index in [1.54, 1.807) is 6.07 Å². The topological polar surface area (TPSA) is 33.0 Å². The highest BCUT2D eigenvalue weighted by Crippen LogP contribution is 2.32. The number of pyridine rings is 1. The monoisotopic (exact) mass is 381 g/mol. The fourth-order valence-corrected chi connectivity index (χ4v) is 3.29. The normalized spacial score (nSPS) is 14.4. The fraction of sp³-hybridized carbons (Fsp3) is 0.0476. The van der Waals surface area contributed by atoms with Gasteiger partial charge < -0.3 is 5.32 Å². The molecule has 0 atom stereocenters. The molecule has 5 heteroatoms. The largest absolute Gasteiger partial charge is 0.321 e. The number of nitrogens with zero attached hydrogens (tertiary/aromatic N) is 1. The summed E-state index contributed by atoms with van der Waals surface area (Å²) in [4.78, 5) is 12.2. The van der Waals surface area contributed by atoms with Crippen molar-refractivity contribution in [3.63, 3.8) is 0 Å². The van der Waals surface area contributed by atoms with Gasteiger partial charge in [0, 0.05) is 34.5 Å². The number of rotatable bonds is 3. The molecule has 0 spiro atoms. The number of para-hydroxylation sites is 1. The van der Waals surface area contributed by atoms with Gasteiger partial charge >= 0.3 is 0 Å². The molecule has 0 aliphatic carbocycles. The molecule has 0 saturated heterocycles. The Balaban J connectivity index is 1.57. The van der Waals surface area contributed by atoms with Crippen molar-refractivity contribution in [2.75, 3.05) is 5.32 Å². The number of aromatic nitrogens is 1. The number of halogens is 2. The molecule has 0 fully saturated rings. The van der Waals surface area contributed by atoms with Crippen LogP contribution in [0.4, 0.5) is 5.69 Å². The summed E-state index contributed by atoms with van der Waals surface area (Å²) < 4.78 is 2.05. The number of nitrogens with one attached hydrogen (secondary N) is 1. The van der Waals surface area contributed by atoms with Crippen LogP contribution in [0, 0.1) is 0 Å². The third kappa shape index (κ3) is 3.36. The van der Waals surface area contributed by atoms with Crippen LogP contribution in [0.5, 0.6) is 0 Å². The molecule has 1 aliphatic rings. The van der Waals surface area contributed by atoms with Crippen molar-refractivity contribution in [3.8, 4) is 0 Å². The molecule has 2 heterocycles.